The first-order valence-corrected chi connectivity index (χ1v) is 9.15. The molecule has 0 unspecified atom stereocenters. The van der Waals surface area contributed by atoms with Crippen LogP contribution < -0.4 is 9.64 Å². The van der Waals surface area contributed by atoms with E-state index in [1.165, 1.54) is 4.90 Å². The SMILES string of the molecule is COc1cccc2c1CCCCN2CC(=O)N1CCC[C@@H](C(F)(F)F)C1. The number of likely N-dealkylation sites (tertiary alicyclic amines) is 1. The highest BCUT2D eigenvalue weighted by Gasteiger charge is 2.42. The maximum atomic E-state index is 13.0. The number of methoxy groups -OCH3 is 1. The lowest BCUT2D eigenvalue weighted by Crippen LogP contribution is -2.48. The van der Waals surface area contributed by atoms with Gasteiger partial charge < -0.3 is 14.5 Å². The van der Waals surface area contributed by atoms with Crippen molar-refractivity contribution in [3.63, 3.8) is 0 Å². The average Bonchev–Trinajstić information content (AvgIpc) is 2.83. The lowest BCUT2D eigenvalue weighted by Gasteiger charge is -2.35. The van der Waals surface area contributed by atoms with Crippen molar-refractivity contribution < 1.29 is 22.7 Å². The molecule has 2 aliphatic rings. The van der Waals surface area contributed by atoms with E-state index in [4.69, 9.17) is 4.74 Å². The van der Waals surface area contributed by atoms with Crippen LogP contribution in [-0.4, -0.2) is 50.3 Å². The summed E-state index contributed by atoms with van der Waals surface area (Å²) in [5.41, 5.74) is 2.03. The lowest BCUT2D eigenvalue weighted by atomic mass is 9.97. The molecule has 26 heavy (non-hydrogen) atoms. The molecule has 4 nitrogen and oxygen atoms in total. The van der Waals surface area contributed by atoms with Crippen LogP contribution in [0.5, 0.6) is 5.75 Å². The molecule has 0 aromatic heterocycles. The summed E-state index contributed by atoms with van der Waals surface area (Å²) in [6.07, 6.45) is -0.906. The number of carbonyl (C=O) groups is 1. The van der Waals surface area contributed by atoms with Crippen LogP contribution >= 0.6 is 0 Å². The van der Waals surface area contributed by atoms with Crippen molar-refractivity contribution in [1.82, 2.24) is 4.90 Å². The van der Waals surface area contributed by atoms with E-state index >= 15 is 0 Å². The third kappa shape index (κ3) is 4.07. The summed E-state index contributed by atoms with van der Waals surface area (Å²) in [5.74, 6) is -0.830. The Morgan fingerprint density at radius 2 is 2.04 bits per heavy atom. The van der Waals surface area contributed by atoms with Gasteiger partial charge in [0.2, 0.25) is 5.91 Å². The van der Waals surface area contributed by atoms with Crippen LogP contribution in [0.2, 0.25) is 0 Å². The number of alkyl halides is 3. The van der Waals surface area contributed by atoms with E-state index in [-0.39, 0.29) is 25.4 Å². The van der Waals surface area contributed by atoms with Crippen LogP contribution in [0.15, 0.2) is 18.2 Å². The van der Waals surface area contributed by atoms with Gasteiger partial charge in [-0.1, -0.05) is 6.07 Å². The number of fused-ring (bicyclic) bond motifs is 1. The number of halogens is 3. The maximum Gasteiger partial charge on any atom is 0.393 e. The lowest BCUT2D eigenvalue weighted by molar-refractivity contribution is -0.187. The van der Waals surface area contributed by atoms with E-state index in [2.05, 4.69) is 0 Å². The van der Waals surface area contributed by atoms with E-state index in [0.29, 0.717) is 13.0 Å². The number of nitrogens with zero attached hydrogens (tertiary/aromatic N) is 2. The molecule has 0 N–H and O–H groups in total. The number of hydrogen-bond donors (Lipinski definition) is 0. The minimum atomic E-state index is -4.23. The van der Waals surface area contributed by atoms with Crippen molar-refractivity contribution >= 4 is 11.6 Å². The fourth-order valence-corrected chi connectivity index (χ4v) is 3.92. The molecular formula is C19H25F3N2O2. The quantitative estimate of drug-likeness (QED) is 0.814. The molecule has 1 aromatic rings. The molecule has 1 amide bonds. The van der Waals surface area contributed by atoms with Gasteiger partial charge in [0.05, 0.1) is 19.6 Å². The molecule has 1 atom stereocenters. The van der Waals surface area contributed by atoms with Gasteiger partial charge in [-0.25, -0.2) is 0 Å². The Morgan fingerprint density at radius 1 is 1.23 bits per heavy atom. The Balaban J connectivity index is 1.74. The second-order valence-corrected chi connectivity index (χ2v) is 7.06. The smallest absolute Gasteiger partial charge is 0.393 e. The molecular weight excluding hydrogens is 345 g/mol. The molecule has 0 radical (unpaired) electrons. The number of anilines is 1. The number of hydrogen-bond acceptors (Lipinski definition) is 3. The Kier molecular flexibility index (Phi) is 5.63. The molecule has 1 aromatic carbocycles. The molecule has 0 aliphatic carbocycles. The summed E-state index contributed by atoms with van der Waals surface area (Å²) in [4.78, 5) is 16.1. The molecule has 144 valence electrons. The minimum Gasteiger partial charge on any atom is -0.496 e. The molecule has 0 spiro atoms. The van der Waals surface area contributed by atoms with E-state index < -0.39 is 12.1 Å². The molecule has 2 heterocycles. The predicted molar refractivity (Wildman–Crippen MR) is 93.5 cm³/mol. The van der Waals surface area contributed by atoms with Crippen molar-refractivity contribution in [3.8, 4) is 5.75 Å². The highest BCUT2D eigenvalue weighted by molar-refractivity contribution is 5.82. The van der Waals surface area contributed by atoms with Crippen molar-refractivity contribution in [2.75, 3.05) is 38.2 Å². The fourth-order valence-electron chi connectivity index (χ4n) is 3.92. The minimum absolute atomic E-state index is 0.108. The normalized spacial score (nSPS) is 21.2. The van der Waals surface area contributed by atoms with Crippen molar-refractivity contribution in [1.29, 1.82) is 0 Å². The van der Waals surface area contributed by atoms with E-state index in [1.807, 2.05) is 23.1 Å². The molecule has 7 heteroatoms. The van der Waals surface area contributed by atoms with Crippen LogP contribution in [-0.2, 0) is 11.2 Å². The number of amides is 1. The summed E-state index contributed by atoms with van der Waals surface area (Å²) in [6.45, 7) is 1.03. The molecule has 1 saturated heterocycles. The molecule has 1 fully saturated rings. The molecule has 3 rings (SSSR count). The third-order valence-electron chi connectivity index (χ3n) is 5.34. The first-order valence-electron chi connectivity index (χ1n) is 9.15. The second kappa shape index (κ2) is 7.76. The molecule has 0 bridgehead atoms. The van der Waals surface area contributed by atoms with Crippen LogP contribution in [0.3, 0.4) is 0 Å². The van der Waals surface area contributed by atoms with Crippen molar-refractivity contribution in [2.45, 2.75) is 38.3 Å². The maximum absolute atomic E-state index is 13.0. The van der Waals surface area contributed by atoms with Gasteiger partial charge in [0, 0.05) is 30.9 Å². The Bertz CT molecular complexity index is 648. The van der Waals surface area contributed by atoms with E-state index in [0.717, 1.165) is 42.8 Å². The Morgan fingerprint density at radius 3 is 2.77 bits per heavy atom. The highest BCUT2D eigenvalue weighted by atomic mass is 19.4. The average molecular weight is 370 g/mol. The zero-order valence-corrected chi connectivity index (χ0v) is 15.0. The van der Waals surface area contributed by atoms with Crippen LogP contribution in [0.25, 0.3) is 0 Å². The van der Waals surface area contributed by atoms with Gasteiger partial charge in [-0.05, 0) is 44.2 Å². The Labute approximate surface area is 151 Å². The van der Waals surface area contributed by atoms with Crippen LogP contribution in [0.1, 0.15) is 31.2 Å². The van der Waals surface area contributed by atoms with Crippen molar-refractivity contribution in [2.24, 2.45) is 5.92 Å². The summed E-state index contributed by atoms with van der Waals surface area (Å²) in [6, 6.07) is 5.76. The monoisotopic (exact) mass is 370 g/mol. The topological polar surface area (TPSA) is 32.8 Å². The zero-order valence-electron chi connectivity index (χ0n) is 15.0. The molecule has 2 aliphatic heterocycles. The summed E-state index contributed by atoms with van der Waals surface area (Å²) in [5, 5.41) is 0. The van der Waals surface area contributed by atoms with Gasteiger partial charge in [-0.15, -0.1) is 0 Å². The number of rotatable bonds is 3. The van der Waals surface area contributed by atoms with Gasteiger partial charge in [-0.3, -0.25) is 4.79 Å². The van der Waals surface area contributed by atoms with Gasteiger partial charge in [0.15, 0.2) is 0 Å². The standard InChI is InChI=1S/C19H25F3N2O2/c1-26-17-9-4-8-16-15(17)7-2-3-10-23(16)13-18(25)24-11-5-6-14(12-24)19(20,21)22/h4,8-9,14H,2-3,5-7,10-13H2,1H3/t14-/m1/s1. The summed E-state index contributed by atoms with van der Waals surface area (Å²) in [7, 11) is 1.63. The van der Waals surface area contributed by atoms with Gasteiger partial charge in [0.1, 0.15) is 5.75 Å². The predicted octanol–water partition coefficient (Wildman–Crippen LogP) is 3.64. The highest BCUT2D eigenvalue weighted by Crippen LogP contribution is 2.35. The fraction of sp³-hybridized carbons (Fsp3) is 0.632. The first-order chi connectivity index (χ1) is 12.4. The van der Waals surface area contributed by atoms with Crippen LogP contribution in [0, 0.1) is 5.92 Å². The number of ether oxygens (including phenoxy) is 1. The molecule has 0 saturated carbocycles. The van der Waals surface area contributed by atoms with Crippen molar-refractivity contribution in [3.05, 3.63) is 23.8 Å². The largest absolute Gasteiger partial charge is 0.496 e. The van der Waals surface area contributed by atoms with E-state index in [9.17, 15) is 18.0 Å². The number of carbonyl (C=O) groups excluding carboxylic acids is 1. The zero-order chi connectivity index (χ0) is 18.7. The second-order valence-electron chi connectivity index (χ2n) is 7.06. The van der Waals surface area contributed by atoms with E-state index in [1.54, 1.807) is 7.11 Å². The summed E-state index contributed by atoms with van der Waals surface area (Å²) >= 11 is 0. The summed E-state index contributed by atoms with van der Waals surface area (Å²) < 4.78 is 44.5. The van der Waals surface area contributed by atoms with Gasteiger partial charge in [0.25, 0.3) is 0 Å². The number of benzene rings is 1. The number of piperidine rings is 1. The van der Waals surface area contributed by atoms with Crippen LogP contribution in [0.4, 0.5) is 18.9 Å². The third-order valence-corrected chi connectivity index (χ3v) is 5.34. The van der Waals surface area contributed by atoms with Gasteiger partial charge >= 0.3 is 6.18 Å². The van der Waals surface area contributed by atoms with Gasteiger partial charge in [-0.2, -0.15) is 13.2 Å². The Hall–Kier alpha value is -1.92. The first kappa shape index (κ1) is 18.9.